The molecule has 1 aliphatic rings. The first-order valence-electron chi connectivity index (χ1n) is 7.17. The topological polar surface area (TPSA) is 57.6 Å². The number of benzene rings is 1. The largest absolute Gasteiger partial charge is 0.478 e. The minimum Gasteiger partial charge on any atom is -0.478 e. The highest BCUT2D eigenvalue weighted by Gasteiger charge is 2.19. The molecule has 1 amide bonds. The predicted molar refractivity (Wildman–Crippen MR) is 76.9 cm³/mol. The van der Waals surface area contributed by atoms with E-state index in [0.29, 0.717) is 11.5 Å². The Hall–Kier alpha value is -1.84. The lowest BCUT2D eigenvalue weighted by Crippen LogP contribution is -2.32. The summed E-state index contributed by atoms with van der Waals surface area (Å²) < 4.78 is 0. The minimum absolute atomic E-state index is 0.0347. The maximum Gasteiger partial charge on any atom is 0.335 e. The summed E-state index contributed by atoms with van der Waals surface area (Å²) >= 11 is 0. The van der Waals surface area contributed by atoms with Crippen molar-refractivity contribution in [1.82, 2.24) is 4.90 Å². The summed E-state index contributed by atoms with van der Waals surface area (Å²) in [6.07, 6.45) is 6.25. The van der Waals surface area contributed by atoms with Crippen LogP contribution in [0.4, 0.5) is 0 Å². The van der Waals surface area contributed by atoms with E-state index in [2.05, 4.69) is 0 Å². The molecule has 0 bridgehead atoms. The van der Waals surface area contributed by atoms with Crippen LogP contribution in [0.25, 0.3) is 0 Å². The third-order valence-corrected chi connectivity index (χ3v) is 3.98. The molecule has 0 saturated heterocycles. The number of carbonyl (C=O) groups excluding carboxylic acids is 1. The van der Waals surface area contributed by atoms with Crippen LogP contribution in [0.15, 0.2) is 24.3 Å². The van der Waals surface area contributed by atoms with Gasteiger partial charge in [0.05, 0.1) is 5.56 Å². The SMILES string of the molecule is CN(CC1CCCCC1)C(=O)c1ccc(C(=O)O)cc1. The van der Waals surface area contributed by atoms with Gasteiger partial charge in [0.2, 0.25) is 0 Å². The molecule has 0 spiro atoms. The van der Waals surface area contributed by atoms with Gasteiger partial charge in [-0.2, -0.15) is 0 Å². The van der Waals surface area contributed by atoms with Gasteiger partial charge >= 0.3 is 5.97 Å². The fourth-order valence-corrected chi connectivity index (χ4v) is 2.82. The van der Waals surface area contributed by atoms with E-state index in [-0.39, 0.29) is 11.5 Å². The fourth-order valence-electron chi connectivity index (χ4n) is 2.82. The van der Waals surface area contributed by atoms with Gasteiger partial charge in [0, 0.05) is 19.2 Å². The normalized spacial score (nSPS) is 15.8. The van der Waals surface area contributed by atoms with Crippen molar-refractivity contribution in [3.05, 3.63) is 35.4 Å². The summed E-state index contributed by atoms with van der Waals surface area (Å²) in [4.78, 5) is 24.8. The quantitative estimate of drug-likeness (QED) is 0.918. The van der Waals surface area contributed by atoms with Gasteiger partial charge in [-0.15, -0.1) is 0 Å². The number of hydrogen-bond acceptors (Lipinski definition) is 2. The Morgan fingerprint density at radius 1 is 1.10 bits per heavy atom. The van der Waals surface area contributed by atoms with Gasteiger partial charge in [0.1, 0.15) is 0 Å². The molecule has 20 heavy (non-hydrogen) atoms. The smallest absolute Gasteiger partial charge is 0.335 e. The van der Waals surface area contributed by atoms with Crippen molar-refractivity contribution in [2.75, 3.05) is 13.6 Å². The van der Waals surface area contributed by atoms with Crippen molar-refractivity contribution in [2.45, 2.75) is 32.1 Å². The Balaban J connectivity index is 1.96. The minimum atomic E-state index is -0.973. The molecule has 4 nitrogen and oxygen atoms in total. The zero-order valence-electron chi connectivity index (χ0n) is 11.8. The number of aromatic carboxylic acids is 1. The Morgan fingerprint density at radius 3 is 2.20 bits per heavy atom. The fraction of sp³-hybridized carbons (Fsp3) is 0.500. The van der Waals surface area contributed by atoms with Crippen molar-refractivity contribution in [2.24, 2.45) is 5.92 Å². The molecule has 0 atom stereocenters. The third-order valence-electron chi connectivity index (χ3n) is 3.98. The van der Waals surface area contributed by atoms with E-state index in [9.17, 15) is 9.59 Å². The van der Waals surface area contributed by atoms with Crippen molar-refractivity contribution >= 4 is 11.9 Å². The zero-order chi connectivity index (χ0) is 14.5. The molecule has 108 valence electrons. The lowest BCUT2D eigenvalue weighted by Gasteiger charge is -2.27. The average Bonchev–Trinajstić information content (AvgIpc) is 2.47. The zero-order valence-corrected chi connectivity index (χ0v) is 11.8. The number of carboxylic acids is 1. The molecule has 0 radical (unpaired) electrons. The lowest BCUT2D eigenvalue weighted by atomic mass is 9.89. The van der Waals surface area contributed by atoms with Gasteiger partial charge in [-0.25, -0.2) is 4.79 Å². The van der Waals surface area contributed by atoms with Crippen LogP contribution in [-0.4, -0.2) is 35.5 Å². The highest BCUT2D eigenvalue weighted by molar-refractivity contribution is 5.95. The van der Waals surface area contributed by atoms with E-state index >= 15 is 0 Å². The summed E-state index contributed by atoms with van der Waals surface area (Å²) in [7, 11) is 1.82. The number of rotatable bonds is 4. The molecule has 2 rings (SSSR count). The van der Waals surface area contributed by atoms with E-state index in [1.165, 1.54) is 44.2 Å². The molecular weight excluding hydrogens is 254 g/mol. The van der Waals surface area contributed by atoms with E-state index in [0.717, 1.165) is 6.54 Å². The second kappa shape index (κ2) is 6.55. The molecule has 1 N–H and O–H groups in total. The van der Waals surface area contributed by atoms with E-state index < -0.39 is 5.97 Å². The number of hydrogen-bond donors (Lipinski definition) is 1. The van der Waals surface area contributed by atoms with Gasteiger partial charge in [-0.05, 0) is 43.0 Å². The first kappa shape index (κ1) is 14.6. The number of nitrogens with zero attached hydrogens (tertiary/aromatic N) is 1. The second-order valence-corrected chi connectivity index (χ2v) is 5.57. The highest BCUT2D eigenvalue weighted by Crippen LogP contribution is 2.24. The molecule has 0 heterocycles. The molecule has 4 heteroatoms. The molecule has 1 aromatic rings. The summed E-state index contributed by atoms with van der Waals surface area (Å²) in [5.41, 5.74) is 0.754. The average molecular weight is 275 g/mol. The number of carboxylic acid groups (broad SMARTS) is 1. The molecule has 1 fully saturated rings. The Bertz CT molecular complexity index is 475. The molecule has 0 aliphatic heterocycles. The molecule has 1 saturated carbocycles. The lowest BCUT2D eigenvalue weighted by molar-refractivity contribution is 0.0694. The van der Waals surface area contributed by atoms with Crippen LogP contribution in [0.1, 0.15) is 52.8 Å². The number of carbonyl (C=O) groups is 2. The Labute approximate surface area is 119 Å². The second-order valence-electron chi connectivity index (χ2n) is 5.57. The standard InChI is InChI=1S/C16H21NO3/c1-17(11-12-5-3-2-4-6-12)15(18)13-7-9-14(10-8-13)16(19)20/h7-10,12H,2-6,11H2,1H3,(H,19,20). The molecular formula is C16H21NO3. The van der Waals surface area contributed by atoms with E-state index in [1.807, 2.05) is 7.05 Å². The van der Waals surface area contributed by atoms with Crippen LogP contribution >= 0.6 is 0 Å². The highest BCUT2D eigenvalue weighted by atomic mass is 16.4. The number of amides is 1. The van der Waals surface area contributed by atoms with E-state index in [4.69, 9.17) is 5.11 Å². The molecule has 1 aliphatic carbocycles. The maximum atomic E-state index is 12.3. The first-order valence-corrected chi connectivity index (χ1v) is 7.17. The van der Waals surface area contributed by atoms with Crippen LogP contribution in [0.5, 0.6) is 0 Å². The van der Waals surface area contributed by atoms with Crippen LogP contribution in [0.2, 0.25) is 0 Å². The van der Waals surface area contributed by atoms with Crippen LogP contribution < -0.4 is 0 Å². The van der Waals surface area contributed by atoms with E-state index in [1.54, 1.807) is 17.0 Å². The van der Waals surface area contributed by atoms with Crippen LogP contribution in [-0.2, 0) is 0 Å². The predicted octanol–water partition coefficient (Wildman–Crippen LogP) is 3.04. The van der Waals surface area contributed by atoms with Gasteiger partial charge < -0.3 is 10.0 Å². The van der Waals surface area contributed by atoms with Crippen molar-refractivity contribution in [3.8, 4) is 0 Å². The van der Waals surface area contributed by atoms with Crippen molar-refractivity contribution in [1.29, 1.82) is 0 Å². The Kier molecular flexibility index (Phi) is 4.77. The summed E-state index contributed by atoms with van der Waals surface area (Å²) in [6, 6.07) is 6.13. The van der Waals surface area contributed by atoms with Crippen LogP contribution in [0, 0.1) is 5.92 Å². The Morgan fingerprint density at radius 2 is 1.65 bits per heavy atom. The van der Waals surface area contributed by atoms with Crippen LogP contribution in [0.3, 0.4) is 0 Å². The molecule has 0 unspecified atom stereocenters. The maximum absolute atomic E-state index is 12.3. The third kappa shape index (κ3) is 3.59. The summed E-state index contributed by atoms with van der Waals surface area (Å²) in [5, 5.41) is 8.84. The first-order chi connectivity index (χ1) is 9.58. The van der Waals surface area contributed by atoms with Gasteiger partial charge in [0.25, 0.3) is 5.91 Å². The molecule has 1 aromatic carbocycles. The molecule has 0 aromatic heterocycles. The van der Waals surface area contributed by atoms with Crippen molar-refractivity contribution < 1.29 is 14.7 Å². The summed E-state index contributed by atoms with van der Waals surface area (Å²) in [6.45, 7) is 0.791. The van der Waals surface area contributed by atoms with Crippen molar-refractivity contribution in [3.63, 3.8) is 0 Å². The van der Waals surface area contributed by atoms with Gasteiger partial charge in [-0.1, -0.05) is 19.3 Å². The monoisotopic (exact) mass is 275 g/mol. The summed E-state index contributed by atoms with van der Waals surface area (Å²) in [5.74, 6) is -0.400. The van der Waals surface area contributed by atoms with Gasteiger partial charge in [-0.3, -0.25) is 4.79 Å². The van der Waals surface area contributed by atoms with Gasteiger partial charge in [0.15, 0.2) is 0 Å².